The third-order valence-electron chi connectivity index (χ3n) is 4.74. The van der Waals surface area contributed by atoms with Crippen molar-refractivity contribution in [2.24, 2.45) is 0 Å². The molecule has 0 saturated carbocycles. The SMILES string of the molecule is CNCc1cc(F)cnc1N1CC2CCCCN2CC1C. The average Bonchev–Trinajstić information content (AvgIpc) is 2.47. The van der Waals surface area contributed by atoms with E-state index in [0.717, 1.165) is 24.5 Å². The molecule has 21 heavy (non-hydrogen) atoms. The first-order valence-corrected chi connectivity index (χ1v) is 7.98. The number of aromatic nitrogens is 1. The van der Waals surface area contributed by atoms with Gasteiger partial charge in [-0.2, -0.15) is 0 Å². The predicted octanol–water partition coefficient (Wildman–Crippen LogP) is 2.00. The summed E-state index contributed by atoms with van der Waals surface area (Å²) < 4.78 is 13.5. The number of nitrogens with zero attached hydrogens (tertiary/aromatic N) is 3. The summed E-state index contributed by atoms with van der Waals surface area (Å²) in [5, 5.41) is 3.12. The van der Waals surface area contributed by atoms with Crippen molar-refractivity contribution in [1.82, 2.24) is 15.2 Å². The molecule has 0 aliphatic carbocycles. The molecule has 0 amide bonds. The van der Waals surface area contributed by atoms with Crippen LogP contribution < -0.4 is 10.2 Å². The van der Waals surface area contributed by atoms with E-state index in [1.54, 1.807) is 6.07 Å². The highest BCUT2D eigenvalue weighted by Crippen LogP contribution is 2.29. The normalized spacial score (nSPS) is 26.7. The quantitative estimate of drug-likeness (QED) is 0.923. The van der Waals surface area contributed by atoms with E-state index in [1.807, 2.05) is 7.05 Å². The van der Waals surface area contributed by atoms with Crippen LogP contribution in [0.15, 0.2) is 12.3 Å². The first-order valence-electron chi connectivity index (χ1n) is 7.98. The van der Waals surface area contributed by atoms with Crippen LogP contribution in [-0.2, 0) is 6.54 Å². The van der Waals surface area contributed by atoms with Crippen molar-refractivity contribution in [2.75, 3.05) is 31.6 Å². The summed E-state index contributed by atoms with van der Waals surface area (Å²) in [7, 11) is 1.89. The summed E-state index contributed by atoms with van der Waals surface area (Å²) in [5.74, 6) is 0.691. The van der Waals surface area contributed by atoms with Gasteiger partial charge in [-0.1, -0.05) is 6.42 Å². The molecule has 2 fully saturated rings. The predicted molar refractivity (Wildman–Crippen MR) is 83.0 cm³/mol. The van der Waals surface area contributed by atoms with E-state index in [-0.39, 0.29) is 5.82 Å². The number of fused-ring (bicyclic) bond motifs is 1. The fraction of sp³-hybridized carbons (Fsp3) is 0.688. The molecule has 4 nitrogen and oxygen atoms in total. The maximum Gasteiger partial charge on any atom is 0.141 e. The molecule has 2 atom stereocenters. The molecular weight excluding hydrogens is 267 g/mol. The maximum atomic E-state index is 13.5. The van der Waals surface area contributed by atoms with Crippen LogP contribution in [0.3, 0.4) is 0 Å². The Morgan fingerprint density at radius 1 is 1.38 bits per heavy atom. The molecule has 116 valence electrons. The molecule has 3 rings (SSSR count). The molecule has 0 spiro atoms. The Kier molecular flexibility index (Phi) is 4.40. The van der Waals surface area contributed by atoms with Crippen LogP contribution >= 0.6 is 0 Å². The van der Waals surface area contributed by atoms with Gasteiger partial charge in [-0.3, -0.25) is 4.90 Å². The Morgan fingerprint density at radius 2 is 2.24 bits per heavy atom. The van der Waals surface area contributed by atoms with Gasteiger partial charge < -0.3 is 10.2 Å². The number of rotatable bonds is 3. The zero-order chi connectivity index (χ0) is 14.8. The summed E-state index contributed by atoms with van der Waals surface area (Å²) >= 11 is 0. The van der Waals surface area contributed by atoms with Crippen LogP contribution in [-0.4, -0.2) is 48.6 Å². The number of nitrogens with one attached hydrogen (secondary N) is 1. The number of hydrogen-bond acceptors (Lipinski definition) is 4. The number of pyridine rings is 1. The Hall–Kier alpha value is -1.20. The zero-order valence-corrected chi connectivity index (χ0v) is 13.0. The molecule has 3 heterocycles. The minimum Gasteiger partial charge on any atom is -0.351 e. The second kappa shape index (κ2) is 6.28. The first-order chi connectivity index (χ1) is 10.2. The molecule has 2 saturated heterocycles. The van der Waals surface area contributed by atoms with E-state index < -0.39 is 0 Å². The number of halogens is 1. The van der Waals surface area contributed by atoms with Crippen molar-refractivity contribution in [1.29, 1.82) is 0 Å². The highest BCUT2D eigenvalue weighted by Gasteiger charge is 2.34. The lowest BCUT2D eigenvalue weighted by atomic mass is 9.97. The Balaban J connectivity index is 1.85. The molecule has 0 aromatic carbocycles. The summed E-state index contributed by atoms with van der Waals surface area (Å²) in [6.07, 6.45) is 5.26. The van der Waals surface area contributed by atoms with Crippen molar-refractivity contribution in [2.45, 2.75) is 44.8 Å². The summed E-state index contributed by atoms with van der Waals surface area (Å²) in [6.45, 7) is 6.22. The van der Waals surface area contributed by atoms with Gasteiger partial charge >= 0.3 is 0 Å². The van der Waals surface area contributed by atoms with E-state index in [1.165, 1.54) is 32.0 Å². The van der Waals surface area contributed by atoms with Gasteiger partial charge in [0.2, 0.25) is 0 Å². The van der Waals surface area contributed by atoms with Gasteiger partial charge in [0.1, 0.15) is 11.6 Å². The summed E-state index contributed by atoms with van der Waals surface area (Å²) in [6, 6.07) is 2.66. The van der Waals surface area contributed by atoms with E-state index in [9.17, 15) is 4.39 Å². The fourth-order valence-electron chi connectivity index (χ4n) is 3.70. The number of piperidine rings is 1. The van der Waals surface area contributed by atoms with E-state index >= 15 is 0 Å². The Bertz CT molecular complexity index is 493. The highest BCUT2D eigenvalue weighted by atomic mass is 19.1. The lowest BCUT2D eigenvalue weighted by molar-refractivity contribution is 0.115. The van der Waals surface area contributed by atoms with Crippen molar-refractivity contribution >= 4 is 5.82 Å². The van der Waals surface area contributed by atoms with Crippen LogP contribution in [0.2, 0.25) is 0 Å². The lowest BCUT2D eigenvalue weighted by Gasteiger charge is -2.48. The van der Waals surface area contributed by atoms with Gasteiger partial charge in [-0.25, -0.2) is 9.37 Å². The number of piperazine rings is 1. The topological polar surface area (TPSA) is 31.4 Å². The molecule has 1 N–H and O–H groups in total. The van der Waals surface area contributed by atoms with Gasteiger partial charge in [-0.15, -0.1) is 0 Å². The standard InChI is InChI=1S/C16H25FN4/c1-12-10-20-6-4-3-5-15(20)11-21(12)16-13(8-18-2)7-14(17)9-19-16/h7,9,12,15,18H,3-6,8,10-11H2,1-2H3. The minimum atomic E-state index is -0.257. The summed E-state index contributed by atoms with van der Waals surface area (Å²) in [4.78, 5) is 9.39. The van der Waals surface area contributed by atoms with Gasteiger partial charge in [0, 0.05) is 37.3 Å². The monoisotopic (exact) mass is 292 g/mol. The first kappa shape index (κ1) is 14.7. The maximum absolute atomic E-state index is 13.5. The van der Waals surface area contributed by atoms with Crippen LogP contribution in [0.25, 0.3) is 0 Å². The largest absolute Gasteiger partial charge is 0.351 e. The molecule has 2 aliphatic rings. The highest BCUT2D eigenvalue weighted by molar-refractivity contribution is 5.48. The Morgan fingerprint density at radius 3 is 3.05 bits per heavy atom. The van der Waals surface area contributed by atoms with Gasteiger partial charge in [0.25, 0.3) is 0 Å². The van der Waals surface area contributed by atoms with Gasteiger partial charge in [0.05, 0.1) is 6.20 Å². The van der Waals surface area contributed by atoms with Gasteiger partial charge in [-0.05, 0) is 39.4 Å². The summed E-state index contributed by atoms with van der Waals surface area (Å²) in [5.41, 5.74) is 0.952. The molecule has 1 aromatic heterocycles. The van der Waals surface area contributed by atoms with Crippen LogP contribution in [0.4, 0.5) is 10.2 Å². The molecule has 5 heteroatoms. The third-order valence-corrected chi connectivity index (χ3v) is 4.74. The van der Waals surface area contributed by atoms with Crippen molar-refractivity contribution in [3.63, 3.8) is 0 Å². The number of anilines is 1. The Labute approximate surface area is 126 Å². The van der Waals surface area contributed by atoms with Crippen molar-refractivity contribution in [3.05, 3.63) is 23.6 Å². The van der Waals surface area contributed by atoms with Crippen molar-refractivity contribution in [3.8, 4) is 0 Å². The molecular formula is C16H25FN4. The van der Waals surface area contributed by atoms with Crippen LogP contribution in [0.5, 0.6) is 0 Å². The molecule has 0 bridgehead atoms. The number of hydrogen-bond donors (Lipinski definition) is 1. The zero-order valence-electron chi connectivity index (χ0n) is 13.0. The molecule has 2 aliphatic heterocycles. The second-order valence-electron chi connectivity index (χ2n) is 6.31. The van der Waals surface area contributed by atoms with Crippen LogP contribution in [0.1, 0.15) is 31.7 Å². The fourth-order valence-corrected chi connectivity index (χ4v) is 3.70. The van der Waals surface area contributed by atoms with Gasteiger partial charge in [0.15, 0.2) is 0 Å². The van der Waals surface area contributed by atoms with E-state index in [2.05, 4.69) is 27.0 Å². The average molecular weight is 292 g/mol. The minimum absolute atomic E-state index is 0.257. The molecule has 2 unspecified atom stereocenters. The van der Waals surface area contributed by atoms with Crippen LogP contribution in [0, 0.1) is 5.82 Å². The lowest BCUT2D eigenvalue weighted by Crippen LogP contribution is -2.59. The van der Waals surface area contributed by atoms with Crippen molar-refractivity contribution < 1.29 is 4.39 Å². The van der Waals surface area contributed by atoms with E-state index in [4.69, 9.17) is 0 Å². The smallest absolute Gasteiger partial charge is 0.141 e. The third kappa shape index (κ3) is 3.04. The molecule has 1 aromatic rings. The second-order valence-corrected chi connectivity index (χ2v) is 6.31. The van der Waals surface area contributed by atoms with E-state index in [0.29, 0.717) is 18.6 Å². The molecule has 0 radical (unpaired) electrons.